The Hall–Kier alpha value is -1.17. The van der Waals surface area contributed by atoms with Crippen LogP contribution in [0, 0.1) is 5.92 Å². The van der Waals surface area contributed by atoms with Crippen molar-refractivity contribution in [3.05, 3.63) is 16.9 Å². The molecular formula is C10H14BrN3O2. The molecule has 1 heterocycles. The number of hydrogen-bond donors (Lipinski definition) is 2. The lowest BCUT2D eigenvalue weighted by Gasteiger charge is -2.15. The molecule has 1 aromatic heterocycles. The van der Waals surface area contributed by atoms with Gasteiger partial charge in [0.1, 0.15) is 6.04 Å². The molecule has 0 aromatic carbocycles. The van der Waals surface area contributed by atoms with Gasteiger partial charge in [-0.15, -0.1) is 0 Å². The fraction of sp³-hybridized carbons (Fsp3) is 0.500. The van der Waals surface area contributed by atoms with E-state index < -0.39 is 12.0 Å². The van der Waals surface area contributed by atoms with Gasteiger partial charge in [-0.05, 0) is 28.3 Å². The average molecular weight is 288 g/mol. The Morgan fingerprint density at radius 1 is 1.50 bits per heavy atom. The Morgan fingerprint density at radius 2 is 2.06 bits per heavy atom. The number of hydrogen-bond acceptors (Lipinski definition) is 4. The van der Waals surface area contributed by atoms with E-state index in [9.17, 15) is 4.79 Å². The molecule has 0 unspecified atom stereocenters. The predicted molar refractivity (Wildman–Crippen MR) is 64.2 cm³/mol. The van der Waals surface area contributed by atoms with Crippen molar-refractivity contribution >= 4 is 27.8 Å². The van der Waals surface area contributed by atoms with Crippen molar-refractivity contribution in [3.8, 4) is 0 Å². The second-order valence-corrected chi connectivity index (χ2v) is 4.81. The normalized spacial score (nSPS) is 12.5. The summed E-state index contributed by atoms with van der Waals surface area (Å²) in [6.45, 7) is 3.94. The Kier molecular flexibility index (Phi) is 4.67. The van der Waals surface area contributed by atoms with Crippen LogP contribution in [0.3, 0.4) is 0 Å². The molecule has 0 radical (unpaired) electrons. The van der Waals surface area contributed by atoms with E-state index in [1.807, 2.05) is 13.8 Å². The van der Waals surface area contributed by atoms with Gasteiger partial charge in [0, 0.05) is 12.4 Å². The average Bonchev–Trinajstić information content (AvgIpc) is 2.19. The lowest BCUT2D eigenvalue weighted by molar-refractivity contribution is -0.138. The van der Waals surface area contributed by atoms with E-state index in [4.69, 9.17) is 5.11 Å². The molecule has 1 aromatic rings. The highest BCUT2D eigenvalue weighted by molar-refractivity contribution is 9.10. The fourth-order valence-corrected chi connectivity index (χ4v) is 1.44. The van der Waals surface area contributed by atoms with Crippen LogP contribution in [0.5, 0.6) is 0 Å². The highest BCUT2D eigenvalue weighted by Crippen LogP contribution is 2.11. The number of anilines is 1. The minimum atomic E-state index is -0.889. The van der Waals surface area contributed by atoms with Crippen LogP contribution in [-0.2, 0) is 4.79 Å². The summed E-state index contributed by atoms with van der Waals surface area (Å²) in [6.07, 6.45) is 3.68. The molecule has 0 bridgehead atoms. The van der Waals surface area contributed by atoms with E-state index in [0.29, 0.717) is 18.3 Å². The van der Waals surface area contributed by atoms with E-state index in [0.717, 1.165) is 4.47 Å². The molecule has 0 saturated heterocycles. The van der Waals surface area contributed by atoms with E-state index in [2.05, 4.69) is 31.2 Å². The van der Waals surface area contributed by atoms with E-state index in [1.54, 1.807) is 12.4 Å². The molecule has 88 valence electrons. The number of carbonyl (C=O) groups is 1. The number of halogens is 1. The molecule has 16 heavy (non-hydrogen) atoms. The van der Waals surface area contributed by atoms with E-state index in [1.165, 1.54) is 0 Å². The van der Waals surface area contributed by atoms with Gasteiger partial charge in [-0.2, -0.15) is 0 Å². The number of aliphatic carboxylic acids is 1. The summed E-state index contributed by atoms with van der Waals surface area (Å²) in [4.78, 5) is 18.9. The molecule has 0 fully saturated rings. The highest BCUT2D eigenvalue weighted by atomic mass is 79.9. The molecule has 5 nitrogen and oxygen atoms in total. The van der Waals surface area contributed by atoms with E-state index in [-0.39, 0.29) is 0 Å². The third kappa shape index (κ3) is 4.14. The van der Waals surface area contributed by atoms with Gasteiger partial charge in [0.15, 0.2) is 0 Å². The van der Waals surface area contributed by atoms with Crippen LogP contribution in [0.15, 0.2) is 16.9 Å². The number of carboxylic acid groups (broad SMARTS) is 1. The minimum absolute atomic E-state index is 0.295. The molecular weight excluding hydrogens is 274 g/mol. The van der Waals surface area contributed by atoms with Crippen molar-refractivity contribution in [1.82, 2.24) is 9.97 Å². The monoisotopic (exact) mass is 287 g/mol. The first kappa shape index (κ1) is 12.9. The van der Waals surface area contributed by atoms with Crippen molar-refractivity contribution in [1.29, 1.82) is 0 Å². The van der Waals surface area contributed by atoms with Crippen LogP contribution in [0.4, 0.5) is 5.95 Å². The highest BCUT2D eigenvalue weighted by Gasteiger charge is 2.19. The number of nitrogens with one attached hydrogen (secondary N) is 1. The molecule has 0 aliphatic rings. The Labute approximate surface area is 102 Å². The minimum Gasteiger partial charge on any atom is -0.480 e. The lowest BCUT2D eigenvalue weighted by atomic mass is 10.0. The van der Waals surface area contributed by atoms with Crippen molar-refractivity contribution in [2.24, 2.45) is 5.92 Å². The summed E-state index contributed by atoms with van der Waals surface area (Å²) in [7, 11) is 0. The Bertz CT molecular complexity index is 354. The first-order chi connectivity index (χ1) is 7.49. The molecule has 6 heteroatoms. The summed E-state index contributed by atoms with van der Waals surface area (Å²) >= 11 is 3.21. The summed E-state index contributed by atoms with van der Waals surface area (Å²) in [5, 5.41) is 11.8. The number of rotatable bonds is 5. The predicted octanol–water partition coefficient (Wildman–Crippen LogP) is 2.15. The van der Waals surface area contributed by atoms with Crippen LogP contribution in [0.2, 0.25) is 0 Å². The quantitative estimate of drug-likeness (QED) is 0.868. The van der Waals surface area contributed by atoms with Gasteiger partial charge in [0.25, 0.3) is 0 Å². The maximum absolute atomic E-state index is 11.0. The first-order valence-electron chi connectivity index (χ1n) is 4.96. The molecule has 2 N–H and O–H groups in total. The maximum atomic E-state index is 11.0. The molecule has 1 atom stereocenters. The van der Waals surface area contributed by atoms with Gasteiger partial charge in [-0.1, -0.05) is 13.8 Å². The summed E-state index contributed by atoms with van der Waals surface area (Å²) in [5.41, 5.74) is 0. The van der Waals surface area contributed by atoms with Crippen molar-refractivity contribution < 1.29 is 9.90 Å². The van der Waals surface area contributed by atoms with Gasteiger partial charge < -0.3 is 10.4 Å². The lowest BCUT2D eigenvalue weighted by Crippen LogP contribution is -2.31. The van der Waals surface area contributed by atoms with Crippen LogP contribution < -0.4 is 5.32 Å². The van der Waals surface area contributed by atoms with Gasteiger partial charge in [-0.3, -0.25) is 0 Å². The first-order valence-corrected chi connectivity index (χ1v) is 5.75. The zero-order valence-corrected chi connectivity index (χ0v) is 10.7. The molecule has 1 rings (SSSR count). The zero-order valence-electron chi connectivity index (χ0n) is 9.14. The summed E-state index contributed by atoms with van der Waals surface area (Å²) in [5.74, 6) is -0.263. The Balaban J connectivity index is 2.68. The van der Waals surface area contributed by atoms with Crippen LogP contribution in [0.1, 0.15) is 20.3 Å². The largest absolute Gasteiger partial charge is 0.480 e. The fourth-order valence-electron chi connectivity index (χ4n) is 1.24. The smallest absolute Gasteiger partial charge is 0.326 e. The van der Waals surface area contributed by atoms with Gasteiger partial charge in [-0.25, -0.2) is 14.8 Å². The zero-order chi connectivity index (χ0) is 12.1. The molecule has 0 aliphatic heterocycles. The topological polar surface area (TPSA) is 75.1 Å². The number of carboxylic acids is 1. The number of nitrogens with zero attached hydrogens (tertiary/aromatic N) is 2. The number of aromatic nitrogens is 2. The van der Waals surface area contributed by atoms with Crippen molar-refractivity contribution in [2.45, 2.75) is 26.3 Å². The maximum Gasteiger partial charge on any atom is 0.326 e. The standard InChI is InChI=1S/C10H14BrN3O2/c1-6(2)3-8(9(15)16)14-10-12-4-7(11)5-13-10/h4-6,8H,3H2,1-2H3,(H,15,16)(H,12,13,14)/t8-/m0/s1. The SMILES string of the molecule is CC(C)C[C@H](Nc1ncc(Br)cn1)C(=O)O. The summed E-state index contributed by atoms with van der Waals surface area (Å²) < 4.78 is 0.758. The van der Waals surface area contributed by atoms with E-state index >= 15 is 0 Å². The molecule has 0 aliphatic carbocycles. The summed E-state index contributed by atoms with van der Waals surface area (Å²) in [6, 6.07) is -0.652. The van der Waals surface area contributed by atoms with Gasteiger partial charge in [0.05, 0.1) is 4.47 Å². The van der Waals surface area contributed by atoms with Crippen molar-refractivity contribution in [3.63, 3.8) is 0 Å². The Morgan fingerprint density at radius 3 is 2.50 bits per heavy atom. The van der Waals surface area contributed by atoms with Crippen molar-refractivity contribution in [2.75, 3.05) is 5.32 Å². The van der Waals surface area contributed by atoms with Crippen LogP contribution in [-0.4, -0.2) is 27.1 Å². The third-order valence-corrected chi connectivity index (χ3v) is 2.34. The van der Waals surface area contributed by atoms with Gasteiger partial charge in [0.2, 0.25) is 5.95 Å². The molecule has 0 amide bonds. The second kappa shape index (κ2) is 5.79. The molecule has 0 saturated carbocycles. The molecule has 0 spiro atoms. The second-order valence-electron chi connectivity index (χ2n) is 3.89. The van der Waals surface area contributed by atoms with Gasteiger partial charge >= 0.3 is 5.97 Å². The third-order valence-electron chi connectivity index (χ3n) is 1.93. The van der Waals surface area contributed by atoms with Crippen LogP contribution >= 0.6 is 15.9 Å². The van der Waals surface area contributed by atoms with Crippen LogP contribution in [0.25, 0.3) is 0 Å².